The van der Waals surface area contributed by atoms with Crippen LogP contribution in [0.5, 0.6) is 0 Å². The van der Waals surface area contributed by atoms with Crippen molar-refractivity contribution in [2.24, 2.45) is 17.8 Å². The predicted molar refractivity (Wildman–Crippen MR) is 287 cm³/mol. The number of hydrogen-bond acceptors (Lipinski definition) is 19. The highest BCUT2D eigenvalue weighted by Crippen LogP contribution is 2.41. The summed E-state index contributed by atoms with van der Waals surface area (Å²) in [6.45, 7) is 18.8. The smallest absolute Gasteiger partial charge is 0.311 e. The number of carbonyl (C=O) groups excluding carboxylic acids is 1. The van der Waals surface area contributed by atoms with Gasteiger partial charge in [-0.05, 0) is 104 Å². The molecule has 0 spiro atoms. The molecule has 74 heavy (non-hydrogen) atoms. The SMILES string of the molecule is CCS[C@H](c1ccc(S(C)(=O)=O)cc1)[C@@H](CF)N1C=C(CCN(C)[C@H]2C[C@@H](C)O[C@@H](O[C@@H]3[C@@H](C)[C@H](O[C@H]4C[C@@](C)(OC)[C@@H](O)[C@H](C)O4)[C@@H](C)C(=O)O[C@H](CC)[C@H](P)[C@H](O)[C@@H](C)N(C)C[C@H](C)C[C@@]3(C)O)[C@@H]2O)NN1. The molecule has 0 saturated carbocycles. The maximum Gasteiger partial charge on any atom is 0.311 e. The third-order valence-corrected chi connectivity index (χ3v) is 19.2. The minimum atomic E-state index is -3.39. The number of rotatable bonds is 17. The number of halogens is 1. The average Bonchev–Trinajstić information content (AvgIpc) is 3.82. The number of likely N-dealkylation sites (N-methyl/N-ethyl adjacent to an activating group) is 2. The van der Waals surface area contributed by atoms with Gasteiger partial charge in [0.25, 0.3) is 0 Å². The largest absolute Gasteiger partial charge is 0.461 e. The van der Waals surface area contributed by atoms with Crippen LogP contribution in [0.15, 0.2) is 41.1 Å². The van der Waals surface area contributed by atoms with Gasteiger partial charge in [0.1, 0.15) is 25.0 Å². The number of alkyl halides is 1. The van der Waals surface area contributed by atoms with Gasteiger partial charge in [0.05, 0.1) is 63.8 Å². The quantitative estimate of drug-likeness (QED) is 0.0931. The second-order valence-corrected chi connectivity index (χ2v) is 26.3. The lowest BCUT2D eigenvalue weighted by molar-refractivity contribution is -0.318. The third-order valence-electron chi connectivity index (χ3n) is 16.0. The standard InChI is InChI=1S/C52H91FN5O13PS2/c1-15-40-45(72)42(59)33(7)57(12)27-29(3)24-51(9,63)48(31(5)44(32(6)49(62)69-40)70-41-25-52(10,66-13)47(61)34(8)68-41)71-50-43(60)38(23-30(4)67-50)56(11)22-21-36-28-58(55-54-36)39(26-53)46(73-16-2)35-17-19-37(20-18-35)74(14,64)65/h17-20,28-34,38-48,50,54-55,59-61,63H,15-16,21-27,72H2,1-14H3/t29-,30-,31+,32-,33-,34+,38+,39-,40-,41+,42-,43-,44+,45+,46-,47+,48-,50+,51-,52-/m1/s1. The number of methoxy groups -OCH3 is 1. The molecule has 18 nitrogen and oxygen atoms in total. The molecular weight excluding hydrogens is 1020 g/mol. The van der Waals surface area contributed by atoms with Crippen LogP contribution in [0.2, 0.25) is 0 Å². The maximum absolute atomic E-state index is 15.0. The summed E-state index contributed by atoms with van der Waals surface area (Å²) in [6.07, 6.45) is -4.36. The van der Waals surface area contributed by atoms with Crippen LogP contribution in [-0.2, 0) is 43.1 Å². The first-order valence-electron chi connectivity index (χ1n) is 26.4. The number of hydrazine groups is 2. The van der Waals surface area contributed by atoms with Gasteiger partial charge in [-0.3, -0.25) is 9.80 Å². The Kier molecular flexibility index (Phi) is 22.9. The van der Waals surface area contributed by atoms with E-state index in [1.165, 1.54) is 7.11 Å². The molecule has 0 aromatic heterocycles. The number of aliphatic hydroxyl groups is 4. The second-order valence-electron chi connectivity index (χ2n) is 22.1. The van der Waals surface area contributed by atoms with Crippen molar-refractivity contribution in [2.75, 3.05) is 53.0 Å². The Hall–Kier alpha value is -1.79. The number of nitrogens with one attached hydrogen (secondary N) is 2. The zero-order valence-electron chi connectivity index (χ0n) is 46.2. The van der Waals surface area contributed by atoms with E-state index in [1.807, 2.05) is 71.6 Å². The molecule has 1 unspecified atom stereocenters. The van der Waals surface area contributed by atoms with Crippen molar-refractivity contribution in [1.82, 2.24) is 25.8 Å². The van der Waals surface area contributed by atoms with Crippen molar-refractivity contribution in [1.29, 1.82) is 0 Å². The van der Waals surface area contributed by atoms with E-state index < -0.39 is 119 Å². The van der Waals surface area contributed by atoms with E-state index >= 15 is 0 Å². The van der Waals surface area contributed by atoms with Crippen LogP contribution < -0.4 is 11.0 Å². The molecule has 3 saturated heterocycles. The Labute approximate surface area is 447 Å². The van der Waals surface area contributed by atoms with Gasteiger partial charge in [-0.15, -0.1) is 14.8 Å². The van der Waals surface area contributed by atoms with Crippen LogP contribution in [0.25, 0.3) is 0 Å². The van der Waals surface area contributed by atoms with Crippen molar-refractivity contribution in [2.45, 2.75) is 208 Å². The van der Waals surface area contributed by atoms with Gasteiger partial charge >= 0.3 is 5.97 Å². The van der Waals surface area contributed by atoms with Crippen LogP contribution in [0, 0.1) is 17.8 Å². The highest BCUT2D eigenvalue weighted by Gasteiger charge is 2.52. The lowest BCUT2D eigenvalue weighted by atomic mass is 9.77. The summed E-state index contributed by atoms with van der Waals surface area (Å²) >= 11 is 1.57. The fourth-order valence-electron chi connectivity index (χ4n) is 11.3. The molecule has 4 aliphatic heterocycles. The first kappa shape index (κ1) is 63.0. The highest BCUT2D eigenvalue weighted by atomic mass is 32.2. The second kappa shape index (κ2) is 26.9. The molecule has 0 radical (unpaired) electrons. The van der Waals surface area contributed by atoms with E-state index in [-0.39, 0.29) is 41.1 Å². The lowest BCUT2D eigenvalue weighted by Crippen LogP contribution is -2.60. The van der Waals surface area contributed by atoms with Gasteiger partial charge in [-0.1, -0.05) is 39.8 Å². The molecule has 21 atom stereocenters. The van der Waals surface area contributed by atoms with Crippen LogP contribution in [0.4, 0.5) is 4.39 Å². The fraction of sp³-hybridized carbons (Fsp3) is 0.827. The van der Waals surface area contributed by atoms with Crippen molar-refractivity contribution >= 4 is 36.8 Å². The topological polar surface area (TPSA) is 221 Å². The summed E-state index contributed by atoms with van der Waals surface area (Å²) in [4.78, 5) is 18.8. The Morgan fingerprint density at radius 2 is 1.69 bits per heavy atom. The summed E-state index contributed by atoms with van der Waals surface area (Å²) in [6, 6.07) is 5.19. The van der Waals surface area contributed by atoms with Crippen molar-refractivity contribution in [3.8, 4) is 0 Å². The third kappa shape index (κ3) is 15.3. The Bertz CT molecular complexity index is 2090. The van der Waals surface area contributed by atoms with Gasteiger partial charge in [0, 0.05) is 74.9 Å². The summed E-state index contributed by atoms with van der Waals surface area (Å²) in [5, 5.41) is 49.3. The van der Waals surface area contributed by atoms with Gasteiger partial charge < -0.3 is 64.1 Å². The number of carbonyl (C=O) groups is 1. The van der Waals surface area contributed by atoms with Gasteiger partial charge in [0.2, 0.25) is 0 Å². The number of sulfone groups is 1. The van der Waals surface area contributed by atoms with E-state index in [9.17, 15) is 38.0 Å². The molecule has 4 heterocycles. The van der Waals surface area contributed by atoms with Gasteiger partial charge in [0.15, 0.2) is 22.4 Å². The first-order valence-corrected chi connectivity index (χ1v) is 30.0. The molecule has 0 amide bonds. The predicted octanol–water partition coefficient (Wildman–Crippen LogP) is 4.56. The van der Waals surface area contributed by atoms with E-state index in [0.29, 0.717) is 38.1 Å². The number of benzene rings is 1. The lowest BCUT2D eigenvalue weighted by Gasteiger charge is -2.49. The minimum Gasteiger partial charge on any atom is -0.461 e. The maximum atomic E-state index is 15.0. The van der Waals surface area contributed by atoms with Crippen LogP contribution in [0.1, 0.15) is 112 Å². The van der Waals surface area contributed by atoms with Crippen molar-refractivity contribution in [3.05, 3.63) is 41.7 Å². The Morgan fingerprint density at radius 1 is 1.03 bits per heavy atom. The zero-order chi connectivity index (χ0) is 55.2. The molecule has 3 fully saturated rings. The highest BCUT2D eigenvalue weighted by molar-refractivity contribution is 7.99. The fourth-order valence-corrected chi connectivity index (χ4v) is 13.8. The average molecular weight is 1110 g/mol. The monoisotopic (exact) mass is 1110 g/mol. The molecule has 1 aromatic carbocycles. The van der Waals surface area contributed by atoms with Crippen LogP contribution in [-0.4, -0.2) is 199 Å². The van der Waals surface area contributed by atoms with E-state index in [1.54, 1.807) is 68.7 Å². The molecule has 22 heteroatoms. The summed E-state index contributed by atoms with van der Waals surface area (Å²) in [5.41, 5.74) is 4.75. The van der Waals surface area contributed by atoms with Crippen molar-refractivity contribution in [3.63, 3.8) is 0 Å². The van der Waals surface area contributed by atoms with E-state index in [2.05, 4.69) is 20.2 Å². The van der Waals surface area contributed by atoms with Crippen LogP contribution >= 0.6 is 21.0 Å². The molecular formula is C52H91FN5O13PS2. The Balaban J connectivity index is 1.42. The number of esters is 1. The zero-order valence-corrected chi connectivity index (χ0v) is 49.0. The molecule has 0 aliphatic carbocycles. The number of ether oxygens (including phenoxy) is 6. The van der Waals surface area contributed by atoms with Gasteiger partial charge in [-0.2, -0.15) is 11.8 Å². The van der Waals surface area contributed by atoms with Gasteiger partial charge in [-0.25, -0.2) is 12.8 Å². The summed E-state index contributed by atoms with van der Waals surface area (Å²) in [5.74, 6) is -1.76. The molecule has 4 aliphatic rings. The normalized spacial score (nSPS) is 39.4. The molecule has 0 bridgehead atoms. The number of hydrogen-bond donors (Lipinski definition) is 6. The summed E-state index contributed by atoms with van der Waals surface area (Å²) < 4.78 is 77.8. The Morgan fingerprint density at radius 3 is 2.28 bits per heavy atom. The van der Waals surface area contributed by atoms with E-state index in [4.69, 9.17) is 28.4 Å². The molecule has 6 N–H and O–H groups in total. The number of cyclic esters (lactones) is 1. The summed E-state index contributed by atoms with van der Waals surface area (Å²) in [7, 11) is 4.64. The number of nitrogens with zero attached hydrogens (tertiary/aromatic N) is 3. The number of aliphatic hydroxyl groups excluding tert-OH is 3. The van der Waals surface area contributed by atoms with E-state index in [0.717, 1.165) is 17.5 Å². The van der Waals surface area contributed by atoms with Crippen molar-refractivity contribution < 1.29 is 66.5 Å². The van der Waals surface area contributed by atoms with Crippen LogP contribution in [0.3, 0.4) is 0 Å². The first-order chi connectivity index (χ1) is 34.6. The minimum absolute atomic E-state index is 0.120. The molecule has 1 aromatic rings. The number of thioether (sulfide) groups is 1. The molecule has 5 rings (SSSR count). The molecule has 426 valence electrons.